The molecule has 0 bridgehead atoms. The summed E-state index contributed by atoms with van der Waals surface area (Å²) in [5, 5.41) is 9.63. The highest BCUT2D eigenvalue weighted by Crippen LogP contribution is 2.40. The second-order valence-corrected chi connectivity index (χ2v) is 8.11. The highest BCUT2D eigenvalue weighted by molar-refractivity contribution is 7.99. The lowest BCUT2D eigenvalue weighted by Gasteiger charge is -2.29. The van der Waals surface area contributed by atoms with Crippen molar-refractivity contribution in [3.8, 4) is 0 Å². The monoisotopic (exact) mass is 356 g/mol. The van der Waals surface area contributed by atoms with Crippen molar-refractivity contribution >= 4 is 23.4 Å². The molecule has 4 rings (SSSR count). The smallest absolute Gasteiger partial charge is 0.237 e. The molecule has 0 atom stereocenters. The molecule has 5 nitrogen and oxygen atoms in total. The SMILES string of the molecule is CC(C)c1nnc(SCC(=O)N2CCCc3ccccc32)n1C1CC1. The maximum absolute atomic E-state index is 12.8. The van der Waals surface area contributed by atoms with Gasteiger partial charge in [-0.05, 0) is 37.3 Å². The minimum Gasteiger partial charge on any atom is -0.311 e. The highest BCUT2D eigenvalue weighted by Gasteiger charge is 2.31. The summed E-state index contributed by atoms with van der Waals surface area (Å²) >= 11 is 1.53. The third-order valence-electron chi connectivity index (χ3n) is 4.86. The summed E-state index contributed by atoms with van der Waals surface area (Å²) in [4.78, 5) is 14.8. The van der Waals surface area contributed by atoms with Crippen LogP contribution in [0.25, 0.3) is 0 Å². The summed E-state index contributed by atoms with van der Waals surface area (Å²) in [6.45, 7) is 5.10. The number of thioether (sulfide) groups is 1. The van der Waals surface area contributed by atoms with E-state index < -0.39 is 0 Å². The van der Waals surface area contributed by atoms with E-state index in [1.807, 2.05) is 17.0 Å². The van der Waals surface area contributed by atoms with Crippen molar-refractivity contribution in [2.45, 2.75) is 56.6 Å². The summed E-state index contributed by atoms with van der Waals surface area (Å²) < 4.78 is 2.26. The molecule has 1 aliphatic heterocycles. The number of anilines is 1. The van der Waals surface area contributed by atoms with Crippen LogP contribution in [-0.2, 0) is 11.2 Å². The fourth-order valence-corrected chi connectivity index (χ4v) is 4.34. The Kier molecular flexibility index (Phi) is 4.54. The van der Waals surface area contributed by atoms with Crippen molar-refractivity contribution in [2.75, 3.05) is 17.2 Å². The second kappa shape index (κ2) is 6.83. The zero-order valence-electron chi connectivity index (χ0n) is 14.8. The second-order valence-electron chi connectivity index (χ2n) is 7.16. The standard InChI is InChI=1S/C19H24N4OS/c1-13(2)18-20-21-19(23(18)15-9-10-15)25-12-17(24)22-11-5-7-14-6-3-4-8-16(14)22/h3-4,6,8,13,15H,5,7,9-12H2,1-2H3. The van der Waals surface area contributed by atoms with Crippen molar-refractivity contribution in [3.05, 3.63) is 35.7 Å². The molecule has 1 aliphatic carbocycles. The van der Waals surface area contributed by atoms with E-state index in [2.05, 4.69) is 40.7 Å². The van der Waals surface area contributed by atoms with Crippen molar-refractivity contribution in [1.29, 1.82) is 0 Å². The van der Waals surface area contributed by atoms with E-state index in [4.69, 9.17) is 0 Å². The summed E-state index contributed by atoms with van der Waals surface area (Å²) in [5.74, 6) is 1.97. The molecule has 2 aliphatic rings. The average molecular weight is 356 g/mol. The number of rotatable bonds is 5. The van der Waals surface area contributed by atoms with Gasteiger partial charge in [-0.3, -0.25) is 4.79 Å². The Morgan fingerprint density at radius 1 is 1.28 bits per heavy atom. The first-order valence-corrected chi connectivity index (χ1v) is 10.1. The lowest BCUT2D eigenvalue weighted by molar-refractivity contribution is -0.116. The number of amides is 1. The van der Waals surface area contributed by atoms with Gasteiger partial charge in [0.05, 0.1) is 5.75 Å². The van der Waals surface area contributed by atoms with Crippen LogP contribution in [0.15, 0.2) is 29.4 Å². The number of nitrogens with zero attached hydrogens (tertiary/aromatic N) is 4. The maximum atomic E-state index is 12.8. The molecular weight excluding hydrogens is 332 g/mol. The van der Waals surface area contributed by atoms with Crippen LogP contribution in [0.4, 0.5) is 5.69 Å². The molecule has 25 heavy (non-hydrogen) atoms. The molecule has 1 fully saturated rings. The van der Waals surface area contributed by atoms with Gasteiger partial charge < -0.3 is 9.47 Å². The number of fused-ring (bicyclic) bond motifs is 1. The average Bonchev–Trinajstić information content (AvgIpc) is 3.37. The molecule has 2 heterocycles. The van der Waals surface area contributed by atoms with Crippen molar-refractivity contribution in [2.24, 2.45) is 0 Å². The van der Waals surface area contributed by atoms with Crippen LogP contribution in [0.2, 0.25) is 0 Å². The van der Waals surface area contributed by atoms with Crippen molar-refractivity contribution in [1.82, 2.24) is 14.8 Å². The maximum Gasteiger partial charge on any atom is 0.237 e. The Morgan fingerprint density at radius 2 is 2.08 bits per heavy atom. The van der Waals surface area contributed by atoms with Gasteiger partial charge in [-0.2, -0.15) is 0 Å². The van der Waals surface area contributed by atoms with Gasteiger partial charge in [-0.15, -0.1) is 10.2 Å². The van der Waals surface area contributed by atoms with Gasteiger partial charge in [0, 0.05) is 24.2 Å². The number of para-hydroxylation sites is 1. The van der Waals surface area contributed by atoms with Gasteiger partial charge in [0.1, 0.15) is 5.82 Å². The highest BCUT2D eigenvalue weighted by atomic mass is 32.2. The number of carbonyl (C=O) groups excluding carboxylic acids is 1. The first kappa shape index (κ1) is 16.6. The summed E-state index contributed by atoms with van der Waals surface area (Å²) in [6.07, 6.45) is 4.47. The van der Waals surface area contributed by atoms with Gasteiger partial charge in [-0.1, -0.05) is 43.8 Å². The zero-order chi connectivity index (χ0) is 17.4. The van der Waals surface area contributed by atoms with E-state index >= 15 is 0 Å². The number of benzene rings is 1. The Hall–Kier alpha value is -1.82. The van der Waals surface area contributed by atoms with Crippen LogP contribution in [0.5, 0.6) is 0 Å². The van der Waals surface area contributed by atoms with Gasteiger partial charge >= 0.3 is 0 Å². The number of aromatic nitrogens is 3. The summed E-state index contributed by atoms with van der Waals surface area (Å²) in [7, 11) is 0. The van der Waals surface area contributed by atoms with E-state index in [9.17, 15) is 4.79 Å². The fourth-order valence-electron chi connectivity index (χ4n) is 3.45. The van der Waals surface area contributed by atoms with Crippen LogP contribution in [0.3, 0.4) is 0 Å². The predicted octanol–water partition coefficient (Wildman–Crippen LogP) is 3.81. The van der Waals surface area contributed by atoms with Crippen LogP contribution < -0.4 is 4.90 Å². The van der Waals surface area contributed by atoms with Crippen LogP contribution in [0, 0.1) is 0 Å². The van der Waals surface area contributed by atoms with Gasteiger partial charge in [-0.25, -0.2) is 0 Å². The van der Waals surface area contributed by atoms with Gasteiger partial charge in [0.15, 0.2) is 5.16 Å². The van der Waals surface area contributed by atoms with E-state index in [1.165, 1.54) is 30.2 Å². The van der Waals surface area contributed by atoms with Gasteiger partial charge in [0.2, 0.25) is 5.91 Å². The third-order valence-corrected chi connectivity index (χ3v) is 5.78. The number of carbonyl (C=O) groups is 1. The number of aryl methyl sites for hydroxylation is 1. The minimum absolute atomic E-state index is 0.161. The Balaban J connectivity index is 1.48. The topological polar surface area (TPSA) is 51.0 Å². The summed E-state index contributed by atoms with van der Waals surface area (Å²) in [6, 6.07) is 8.77. The quantitative estimate of drug-likeness (QED) is 0.765. The molecule has 6 heteroatoms. The lowest BCUT2D eigenvalue weighted by Crippen LogP contribution is -2.36. The van der Waals surface area contributed by atoms with Crippen LogP contribution in [-0.4, -0.2) is 33.0 Å². The molecular formula is C19H24N4OS. The van der Waals surface area contributed by atoms with Crippen molar-refractivity contribution < 1.29 is 4.79 Å². The van der Waals surface area contributed by atoms with E-state index in [0.29, 0.717) is 17.7 Å². The summed E-state index contributed by atoms with van der Waals surface area (Å²) in [5.41, 5.74) is 2.35. The third kappa shape index (κ3) is 3.32. The first-order chi connectivity index (χ1) is 12.1. The zero-order valence-corrected chi connectivity index (χ0v) is 15.6. The van der Waals surface area contributed by atoms with Gasteiger partial charge in [0.25, 0.3) is 0 Å². The molecule has 132 valence electrons. The molecule has 0 saturated heterocycles. The van der Waals surface area contributed by atoms with E-state index in [1.54, 1.807) is 0 Å². The molecule has 1 aromatic carbocycles. The van der Waals surface area contributed by atoms with E-state index in [-0.39, 0.29) is 5.91 Å². The lowest BCUT2D eigenvalue weighted by atomic mass is 10.0. The van der Waals surface area contributed by atoms with Crippen molar-refractivity contribution in [3.63, 3.8) is 0 Å². The number of hydrogen-bond donors (Lipinski definition) is 0. The Bertz CT molecular complexity index is 781. The molecule has 0 unspecified atom stereocenters. The Morgan fingerprint density at radius 3 is 2.84 bits per heavy atom. The van der Waals surface area contributed by atoms with E-state index in [0.717, 1.165) is 36.1 Å². The van der Waals surface area contributed by atoms with Crippen LogP contribution >= 0.6 is 11.8 Å². The Labute approximate surface area is 152 Å². The first-order valence-electron chi connectivity index (χ1n) is 9.11. The predicted molar refractivity (Wildman–Crippen MR) is 100 cm³/mol. The largest absolute Gasteiger partial charge is 0.311 e. The molecule has 0 radical (unpaired) electrons. The van der Waals surface area contributed by atoms with Crippen LogP contribution in [0.1, 0.15) is 56.5 Å². The molecule has 1 saturated carbocycles. The fraction of sp³-hybridized carbons (Fsp3) is 0.526. The molecule has 2 aromatic rings. The number of hydrogen-bond acceptors (Lipinski definition) is 4. The molecule has 1 amide bonds. The molecule has 0 N–H and O–H groups in total. The normalized spacial score (nSPS) is 17.0. The molecule has 1 aromatic heterocycles. The molecule has 0 spiro atoms. The minimum atomic E-state index is 0.161.